The first kappa shape index (κ1) is 11.9. The third kappa shape index (κ3) is 2.57. The Labute approximate surface area is 103 Å². The number of nitrogen functional groups attached to an aromatic ring is 1. The standard InChI is InChI=1S/C15H20N2/c1-3-5-11-7-8-14-13(9-11)10-12(6-4-2)15(16)17-14/h7-10H,3-6H2,1-2H3,(H2,16,17). The van der Waals surface area contributed by atoms with Crippen LogP contribution in [0.15, 0.2) is 24.3 Å². The molecular weight excluding hydrogens is 208 g/mol. The summed E-state index contributed by atoms with van der Waals surface area (Å²) in [6, 6.07) is 8.66. The second kappa shape index (κ2) is 5.17. The minimum absolute atomic E-state index is 0.683. The second-order valence-corrected chi connectivity index (χ2v) is 4.56. The fraction of sp³-hybridized carbons (Fsp3) is 0.400. The van der Waals surface area contributed by atoms with Gasteiger partial charge in [-0.05, 0) is 42.2 Å². The number of aryl methyl sites for hydroxylation is 2. The van der Waals surface area contributed by atoms with Crippen molar-refractivity contribution < 1.29 is 0 Å². The van der Waals surface area contributed by atoms with E-state index < -0.39 is 0 Å². The molecule has 0 amide bonds. The highest BCUT2D eigenvalue weighted by Crippen LogP contribution is 2.21. The Morgan fingerprint density at radius 2 is 1.82 bits per heavy atom. The minimum atomic E-state index is 0.683. The molecule has 0 aliphatic rings. The summed E-state index contributed by atoms with van der Waals surface area (Å²) in [4.78, 5) is 4.47. The van der Waals surface area contributed by atoms with Crippen LogP contribution in [-0.4, -0.2) is 4.98 Å². The first-order valence-electron chi connectivity index (χ1n) is 6.42. The Morgan fingerprint density at radius 3 is 2.53 bits per heavy atom. The first-order valence-corrected chi connectivity index (χ1v) is 6.42. The molecule has 1 heterocycles. The molecule has 0 saturated carbocycles. The predicted octanol–water partition coefficient (Wildman–Crippen LogP) is 3.72. The number of nitrogens with zero attached hydrogens (tertiary/aromatic N) is 1. The van der Waals surface area contributed by atoms with Gasteiger partial charge in [0.1, 0.15) is 5.82 Å². The van der Waals surface area contributed by atoms with E-state index >= 15 is 0 Å². The topological polar surface area (TPSA) is 38.9 Å². The maximum atomic E-state index is 5.96. The molecule has 90 valence electrons. The van der Waals surface area contributed by atoms with Crippen LogP contribution >= 0.6 is 0 Å². The van der Waals surface area contributed by atoms with Crippen molar-refractivity contribution in [3.05, 3.63) is 35.4 Å². The van der Waals surface area contributed by atoms with Crippen LogP contribution in [0.4, 0.5) is 5.82 Å². The fourth-order valence-corrected chi connectivity index (χ4v) is 2.20. The lowest BCUT2D eigenvalue weighted by atomic mass is 10.0. The molecular formula is C15H20N2. The molecule has 0 atom stereocenters. The summed E-state index contributed by atoms with van der Waals surface area (Å²) >= 11 is 0. The Hall–Kier alpha value is -1.57. The maximum Gasteiger partial charge on any atom is 0.127 e. The molecule has 0 unspecified atom stereocenters. The van der Waals surface area contributed by atoms with Crippen LogP contribution in [0.2, 0.25) is 0 Å². The van der Waals surface area contributed by atoms with Crippen molar-refractivity contribution in [2.75, 3.05) is 5.73 Å². The highest BCUT2D eigenvalue weighted by atomic mass is 14.8. The molecule has 1 aromatic heterocycles. The number of nitrogens with two attached hydrogens (primary N) is 1. The Balaban J connectivity index is 2.48. The van der Waals surface area contributed by atoms with Gasteiger partial charge in [-0.1, -0.05) is 32.8 Å². The summed E-state index contributed by atoms with van der Waals surface area (Å²) in [5.41, 5.74) is 9.52. The average Bonchev–Trinajstić information content (AvgIpc) is 2.31. The molecule has 1 aromatic carbocycles. The van der Waals surface area contributed by atoms with Gasteiger partial charge in [-0.25, -0.2) is 4.98 Å². The van der Waals surface area contributed by atoms with Crippen molar-refractivity contribution in [1.29, 1.82) is 0 Å². The van der Waals surface area contributed by atoms with Gasteiger partial charge in [0, 0.05) is 5.39 Å². The predicted molar refractivity (Wildman–Crippen MR) is 74.1 cm³/mol. The van der Waals surface area contributed by atoms with Crippen LogP contribution in [0.3, 0.4) is 0 Å². The lowest BCUT2D eigenvalue weighted by molar-refractivity contribution is 0.918. The van der Waals surface area contributed by atoms with E-state index in [1.807, 2.05) is 0 Å². The third-order valence-corrected chi connectivity index (χ3v) is 3.05. The van der Waals surface area contributed by atoms with Gasteiger partial charge in [-0.2, -0.15) is 0 Å². The second-order valence-electron chi connectivity index (χ2n) is 4.56. The van der Waals surface area contributed by atoms with Crippen LogP contribution in [0.5, 0.6) is 0 Å². The maximum absolute atomic E-state index is 5.96. The smallest absolute Gasteiger partial charge is 0.127 e. The lowest BCUT2D eigenvalue weighted by Crippen LogP contribution is -1.98. The van der Waals surface area contributed by atoms with Crippen molar-refractivity contribution in [3.63, 3.8) is 0 Å². The Kier molecular flexibility index (Phi) is 3.62. The Bertz CT molecular complexity index is 518. The fourth-order valence-electron chi connectivity index (χ4n) is 2.20. The molecule has 2 N–H and O–H groups in total. The molecule has 0 aliphatic heterocycles. The molecule has 0 aliphatic carbocycles. The zero-order valence-corrected chi connectivity index (χ0v) is 10.7. The highest BCUT2D eigenvalue weighted by molar-refractivity contribution is 5.82. The summed E-state index contributed by atoms with van der Waals surface area (Å²) in [6.45, 7) is 4.37. The van der Waals surface area contributed by atoms with Gasteiger partial charge < -0.3 is 5.73 Å². The molecule has 17 heavy (non-hydrogen) atoms. The van der Waals surface area contributed by atoms with Crippen molar-refractivity contribution in [1.82, 2.24) is 4.98 Å². The third-order valence-electron chi connectivity index (χ3n) is 3.05. The number of pyridine rings is 1. The SMILES string of the molecule is CCCc1ccc2nc(N)c(CCC)cc2c1. The van der Waals surface area contributed by atoms with Crippen LogP contribution in [0.1, 0.15) is 37.8 Å². The minimum Gasteiger partial charge on any atom is -0.383 e. The first-order chi connectivity index (χ1) is 8.24. The summed E-state index contributed by atoms with van der Waals surface area (Å²) in [5.74, 6) is 0.683. The summed E-state index contributed by atoms with van der Waals surface area (Å²) in [5, 5.41) is 1.22. The van der Waals surface area contributed by atoms with E-state index in [-0.39, 0.29) is 0 Å². The molecule has 2 rings (SSSR count). The molecule has 2 nitrogen and oxygen atoms in total. The molecule has 0 spiro atoms. The molecule has 0 bridgehead atoms. The van der Waals surface area contributed by atoms with Crippen LogP contribution in [-0.2, 0) is 12.8 Å². The van der Waals surface area contributed by atoms with Gasteiger partial charge in [-0.3, -0.25) is 0 Å². The molecule has 0 saturated heterocycles. The number of fused-ring (bicyclic) bond motifs is 1. The lowest BCUT2D eigenvalue weighted by Gasteiger charge is -2.07. The summed E-state index contributed by atoms with van der Waals surface area (Å²) in [7, 11) is 0. The molecule has 0 radical (unpaired) electrons. The van der Waals surface area contributed by atoms with Gasteiger partial charge in [0.2, 0.25) is 0 Å². The quantitative estimate of drug-likeness (QED) is 0.866. The Morgan fingerprint density at radius 1 is 1.06 bits per heavy atom. The van der Waals surface area contributed by atoms with Crippen molar-refractivity contribution in [2.24, 2.45) is 0 Å². The summed E-state index contributed by atoms with van der Waals surface area (Å²) < 4.78 is 0. The van der Waals surface area contributed by atoms with Gasteiger partial charge in [0.15, 0.2) is 0 Å². The van der Waals surface area contributed by atoms with E-state index in [0.29, 0.717) is 5.82 Å². The molecule has 2 aromatic rings. The normalized spacial score (nSPS) is 10.9. The van der Waals surface area contributed by atoms with E-state index in [4.69, 9.17) is 5.73 Å². The number of benzene rings is 1. The number of hydrogen-bond acceptors (Lipinski definition) is 2. The summed E-state index contributed by atoms with van der Waals surface area (Å²) in [6.07, 6.45) is 4.41. The number of hydrogen-bond donors (Lipinski definition) is 1. The van der Waals surface area contributed by atoms with Crippen molar-refractivity contribution in [2.45, 2.75) is 39.5 Å². The van der Waals surface area contributed by atoms with Crippen LogP contribution < -0.4 is 5.73 Å². The van der Waals surface area contributed by atoms with Crippen molar-refractivity contribution >= 4 is 16.7 Å². The van der Waals surface area contributed by atoms with Crippen molar-refractivity contribution in [3.8, 4) is 0 Å². The van der Waals surface area contributed by atoms with E-state index in [2.05, 4.69) is 43.1 Å². The molecule has 2 heteroatoms. The van der Waals surface area contributed by atoms with E-state index in [0.717, 1.165) is 24.8 Å². The van der Waals surface area contributed by atoms with Gasteiger partial charge in [-0.15, -0.1) is 0 Å². The number of aromatic nitrogens is 1. The largest absolute Gasteiger partial charge is 0.383 e. The van der Waals surface area contributed by atoms with Crippen LogP contribution in [0.25, 0.3) is 10.9 Å². The monoisotopic (exact) mass is 228 g/mol. The van der Waals surface area contributed by atoms with Crippen LogP contribution in [0, 0.1) is 0 Å². The van der Waals surface area contributed by atoms with Gasteiger partial charge >= 0.3 is 0 Å². The highest BCUT2D eigenvalue weighted by Gasteiger charge is 2.04. The number of rotatable bonds is 4. The van der Waals surface area contributed by atoms with Gasteiger partial charge in [0.05, 0.1) is 5.52 Å². The van der Waals surface area contributed by atoms with Gasteiger partial charge in [0.25, 0.3) is 0 Å². The van der Waals surface area contributed by atoms with E-state index in [1.54, 1.807) is 0 Å². The van der Waals surface area contributed by atoms with E-state index in [1.165, 1.54) is 22.9 Å². The number of anilines is 1. The average molecular weight is 228 g/mol. The molecule has 0 fully saturated rings. The zero-order valence-electron chi connectivity index (χ0n) is 10.7. The zero-order chi connectivity index (χ0) is 12.3. The van der Waals surface area contributed by atoms with E-state index in [9.17, 15) is 0 Å².